The van der Waals surface area contributed by atoms with E-state index in [-0.39, 0.29) is 30.1 Å². The number of benzene rings is 1. The van der Waals surface area contributed by atoms with E-state index in [1.807, 2.05) is 45.1 Å². The second kappa shape index (κ2) is 17.4. The summed E-state index contributed by atoms with van der Waals surface area (Å²) in [6.07, 6.45) is 9.29. The number of hydrogen-bond acceptors (Lipinski definition) is 10. The lowest BCUT2D eigenvalue weighted by molar-refractivity contribution is -1.09. The Hall–Kier alpha value is -3.69. The van der Waals surface area contributed by atoms with Gasteiger partial charge in [-0.05, 0) is 44.4 Å². The molecule has 1 saturated carbocycles. The number of rotatable bonds is 12. The van der Waals surface area contributed by atoms with Gasteiger partial charge < -0.3 is 42.2 Å². The van der Waals surface area contributed by atoms with Crippen LogP contribution in [0.25, 0.3) is 0 Å². The Morgan fingerprint density at radius 1 is 0.923 bits per heavy atom. The minimum absolute atomic E-state index is 0.205. The second-order valence-corrected chi connectivity index (χ2v) is 21.7. The molecule has 8 aliphatic heterocycles. The predicted molar refractivity (Wildman–Crippen MR) is 243 cm³/mol. The number of quaternary nitrogens is 3. The molecule has 0 aromatic heterocycles. The van der Waals surface area contributed by atoms with Gasteiger partial charge in [-0.25, -0.2) is 14.4 Å². The van der Waals surface area contributed by atoms with Gasteiger partial charge in [-0.1, -0.05) is 62.4 Å². The zero-order valence-corrected chi connectivity index (χ0v) is 39.4. The number of ether oxygens (including phenoxy) is 5. The smallest absolute Gasteiger partial charge is 0.338 e. The van der Waals surface area contributed by atoms with Gasteiger partial charge in [0.25, 0.3) is 0 Å². The Bertz CT molecular complexity index is 2090. The number of esters is 3. The molecule has 1 aromatic carbocycles. The van der Waals surface area contributed by atoms with Crippen molar-refractivity contribution in [2.75, 3.05) is 98.7 Å². The van der Waals surface area contributed by atoms with E-state index < -0.39 is 66.1 Å². The van der Waals surface area contributed by atoms with Crippen LogP contribution >= 0.6 is 0 Å². The maximum absolute atomic E-state index is 14.0. The lowest BCUT2D eigenvalue weighted by atomic mass is 9.57. The number of piperazine rings is 6. The SMILES string of the molecule is CO[C@H]1CC2C=C[C@H]3[C@H]4O[C@]2(/C(C)=C/[C@@H](C)[C@@H]([C@@H](C)OC(=O)c2ccc(C[N+]56CC[N+](CCC[N+]78CCN(CC7)CC8)(CC5)CC6)cc2)OC1=O)[C@@H]3[C@H](O)[C@@H](C)[C@H]4OC(=O)C1=CC=CC1. The fourth-order valence-electron chi connectivity index (χ4n) is 14.0. The molecule has 8 bridgehead atoms. The molecule has 1 N–H and O–H groups in total. The van der Waals surface area contributed by atoms with Crippen LogP contribution in [0.5, 0.6) is 0 Å². The van der Waals surface area contributed by atoms with Crippen molar-refractivity contribution in [2.24, 2.45) is 29.6 Å². The summed E-state index contributed by atoms with van der Waals surface area (Å²) in [4.78, 5) is 43.7. The summed E-state index contributed by atoms with van der Waals surface area (Å²) < 4.78 is 35.3. The first kappa shape index (κ1) is 45.1. The maximum Gasteiger partial charge on any atom is 0.338 e. The normalized spacial score (nSPS) is 43.8. The fraction of sp³-hybridized carbons (Fsp3) is 0.673. The highest BCUT2D eigenvalue weighted by atomic mass is 16.6. The highest BCUT2D eigenvalue weighted by Gasteiger charge is 2.69. The summed E-state index contributed by atoms with van der Waals surface area (Å²) in [5.41, 5.74) is 2.17. The van der Waals surface area contributed by atoms with Gasteiger partial charge in [-0.3, -0.25) is 4.90 Å². The van der Waals surface area contributed by atoms with E-state index in [0.717, 1.165) is 16.6 Å². The zero-order chi connectivity index (χ0) is 45.3. The largest absolute Gasteiger partial charge is 0.456 e. The first-order chi connectivity index (χ1) is 31.3. The molecule has 1 aromatic rings. The number of allylic oxidation sites excluding steroid dienone is 3. The summed E-state index contributed by atoms with van der Waals surface area (Å²) in [6.45, 7) is 26.7. The van der Waals surface area contributed by atoms with Crippen LogP contribution in [0, 0.1) is 29.6 Å². The molecule has 7 saturated heterocycles. The lowest BCUT2D eigenvalue weighted by Crippen LogP contribution is -2.75. The van der Waals surface area contributed by atoms with E-state index in [1.165, 1.54) is 120 Å². The number of aliphatic hydroxyl groups excluding tert-OH is 1. The first-order valence-corrected chi connectivity index (χ1v) is 24.9. The Kier molecular flexibility index (Phi) is 12.1. The molecule has 0 amide bonds. The molecule has 12 rings (SSSR count). The van der Waals surface area contributed by atoms with Crippen LogP contribution in [0.1, 0.15) is 62.9 Å². The van der Waals surface area contributed by atoms with E-state index in [1.54, 1.807) is 13.0 Å². The van der Waals surface area contributed by atoms with Crippen LogP contribution in [0.3, 0.4) is 0 Å². The van der Waals surface area contributed by atoms with Gasteiger partial charge in [0.1, 0.15) is 75.8 Å². The molecule has 8 fully saturated rings. The van der Waals surface area contributed by atoms with Gasteiger partial charge in [0, 0.05) is 73.9 Å². The van der Waals surface area contributed by atoms with Gasteiger partial charge in [0.2, 0.25) is 0 Å². The van der Waals surface area contributed by atoms with E-state index in [2.05, 4.69) is 35.3 Å². The van der Waals surface area contributed by atoms with Crippen molar-refractivity contribution in [3.63, 3.8) is 0 Å². The number of hydrogen-bond donors (Lipinski definition) is 1. The average molecular weight is 898 g/mol. The quantitative estimate of drug-likeness (QED) is 0.142. The van der Waals surface area contributed by atoms with Crippen molar-refractivity contribution < 1.29 is 56.6 Å². The molecular weight excluding hydrogens is 825 g/mol. The number of nitrogens with zero attached hydrogens (tertiary/aromatic N) is 4. The van der Waals surface area contributed by atoms with Crippen molar-refractivity contribution >= 4 is 17.9 Å². The molecule has 12 atom stereocenters. The van der Waals surface area contributed by atoms with Crippen LogP contribution in [0.15, 0.2) is 71.9 Å². The fourth-order valence-corrected chi connectivity index (χ4v) is 14.0. The van der Waals surface area contributed by atoms with Gasteiger partial charge in [0.15, 0.2) is 6.10 Å². The molecule has 11 aliphatic rings. The molecule has 1 spiro atoms. The van der Waals surface area contributed by atoms with Gasteiger partial charge >= 0.3 is 17.9 Å². The number of methoxy groups -OCH3 is 1. The van der Waals surface area contributed by atoms with Gasteiger partial charge in [-0.15, -0.1) is 0 Å². The summed E-state index contributed by atoms with van der Waals surface area (Å²) in [5.74, 6) is -3.08. The van der Waals surface area contributed by atoms with E-state index in [0.29, 0.717) is 17.6 Å². The summed E-state index contributed by atoms with van der Waals surface area (Å²) in [5, 5.41) is 12.1. The van der Waals surface area contributed by atoms with Gasteiger partial charge in [-0.2, -0.15) is 0 Å². The zero-order valence-electron chi connectivity index (χ0n) is 39.4. The van der Waals surface area contributed by atoms with Crippen LogP contribution in [0.4, 0.5) is 0 Å². The molecule has 3 aliphatic carbocycles. The minimum Gasteiger partial charge on any atom is -0.456 e. The summed E-state index contributed by atoms with van der Waals surface area (Å²) in [7, 11) is 1.49. The number of cyclic esters (lactones) is 1. The van der Waals surface area contributed by atoms with E-state index in [9.17, 15) is 19.5 Å². The van der Waals surface area contributed by atoms with Crippen molar-refractivity contribution in [1.82, 2.24) is 4.90 Å². The predicted octanol–water partition coefficient (Wildman–Crippen LogP) is 4.21. The maximum atomic E-state index is 14.0. The highest BCUT2D eigenvalue weighted by Crippen LogP contribution is 2.61. The Labute approximate surface area is 385 Å². The number of carbonyl (C=O) groups is 3. The average Bonchev–Trinajstić information content (AvgIpc) is 3.93. The number of fused-ring (bicyclic) bond motifs is 6. The monoisotopic (exact) mass is 898 g/mol. The Balaban J connectivity index is 0.793. The molecule has 8 heterocycles. The molecule has 13 nitrogen and oxygen atoms in total. The molecule has 13 heteroatoms. The lowest BCUT2D eigenvalue weighted by Gasteiger charge is -2.56. The standard InChI is InChI=1S/C52H73N4O9/c1-34-31-35(2)52-41(15-16-42-44(52)45(57)36(3)47(48(42)65-52)64-50(59)39-9-6-7-10-39)32-43(61-5)51(60)63-46(34)37(4)62-49(58)40-13-11-38(12-14-40)33-56-28-25-55(26-29-56,27-30-56)21-8-20-54-22-17-53(18-23-54)19-24-54/h6-7,9,11-16,31,34,36-37,41-48,57H,8,10,17-30,32-33H2,1-5H3/q+3/b35-31+/t34-,36-,37-,41?,42-,43+,44+,45-,46+,47-,48-,52+,55?,56?/m1/s1. The van der Waals surface area contributed by atoms with Crippen molar-refractivity contribution in [1.29, 1.82) is 0 Å². The first-order valence-electron chi connectivity index (χ1n) is 24.9. The van der Waals surface area contributed by atoms with Gasteiger partial charge in [0.05, 0.1) is 44.4 Å². The minimum atomic E-state index is -0.996. The summed E-state index contributed by atoms with van der Waals surface area (Å²) >= 11 is 0. The topological polar surface area (TPSA) is 121 Å². The third kappa shape index (κ3) is 8.08. The highest BCUT2D eigenvalue weighted by molar-refractivity contribution is 5.90. The van der Waals surface area contributed by atoms with Crippen molar-refractivity contribution in [2.45, 2.75) is 95.7 Å². The second-order valence-electron chi connectivity index (χ2n) is 21.7. The van der Waals surface area contributed by atoms with E-state index >= 15 is 0 Å². The molecule has 65 heavy (non-hydrogen) atoms. The molecule has 1 unspecified atom stereocenters. The number of carbonyl (C=O) groups excluding carboxylic acids is 3. The van der Waals surface area contributed by atoms with Crippen LogP contribution < -0.4 is 0 Å². The van der Waals surface area contributed by atoms with Crippen LogP contribution in [-0.4, -0.2) is 182 Å². The number of aliphatic hydroxyl groups is 1. The molecule has 0 radical (unpaired) electrons. The Morgan fingerprint density at radius 3 is 2.23 bits per heavy atom. The van der Waals surface area contributed by atoms with Crippen LogP contribution in [-0.2, 0) is 39.8 Å². The summed E-state index contributed by atoms with van der Waals surface area (Å²) in [6, 6.07) is 7.91. The third-order valence-electron chi connectivity index (χ3n) is 18.2. The molecule has 352 valence electrons. The van der Waals surface area contributed by atoms with Crippen LogP contribution in [0.2, 0.25) is 0 Å². The van der Waals surface area contributed by atoms with Crippen molar-refractivity contribution in [3.8, 4) is 0 Å². The molecular formula is C52H73N4O9+3. The third-order valence-corrected chi connectivity index (χ3v) is 18.2. The van der Waals surface area contributed by atoms with Crippen molar-refractivity contribution in [3.05, 3.63) is 83.0 Å². The Morgan fingerprint density at radius 2 is 1.58 bits per heavy atom. The van der Waals surface area contributed by atoms with E-state index in [4.69, 9.17) is 23.7 Å².